The lowest BCUT2D eigenvalue weighted by Crippen LogP contribution is -2.07. The molecule has 0 saturated carbocycles. The fourth-order valence-corrected chi connectivity index (χ4v) is 3.13. The third kappa shape index (κ3) is 4.65. The van der Waals surface area contributed by atoms with Gasteiger partial charge in [-0.2, -0.15) is 0 Å². The summed E-state index contributed by atoms with van der Waals surface area (Å²) in [6, 6.07) is 6.55. The highest BCUT2D eigenvalue weighted by molar-refractivity contribution is 14.1. The van der Waals surface area contributed by atoms with E-state index in [1.807, 2.05) is 0 Å². The monoisotopic (exact) mass is 414 g/mol. The predicted octanol–water partition coefficient (Wildman–Crippen LogP) is 5.14. The van der Waals surface area contributed by atoms with Crippen molar-refractivity contribution in [3.05, 3.63) is 55.1 Å². The smallest absolute Gasteiger partial charge is 0.146 e. The zero-order chi connectivity index (χ0) is 15.6. The minimum atomic E-state index is 0.554. The molecule has 2 aromatic rings. The molecule has 112 valence electrons. The maximum Gasteiger partial charge on any atom is 0.146 e. The molecule has 0 aliphatic carbocycles. The third-order valence-corrected chi connectivity index (χ3v) is 4.90. The molecule has 2 nitrogen and oxygen atoms in total. The Morgan fingerprint density at radius 3 is 2.29 bits per heavy atom. The maximum atomic E-state index is 6.27. The van der Waals surface area contributed by atoms with Gasteiger partial charge < -0.3 is 0 Å². The van der Waals surface area contributed by atoms with Gasteiger partial charge in [-0.25, -0.2) is 9.97 Å². The lowest BCUT2D eigenvalue weighted by molar-refractivity contribution is 0.628. The van der Waals surface area contributed by atoms with Gasteiger partial charge in [0.2, 0.25) is 0 Å². The second-order valence-electron chi connectivity index (χ2n) is 5.96. The molecule has 0 spiro atoms. The fraction of sp³-hybridized carbons (Fsp3) is 0.412. The Balaban J connectivity index is 2.33. The van der Waals surface area contributed by atoms with E-state index in [9.17, 15) is 0 Å². The van der Waals surface area contributed by atoms with Crippen LogP contribution in [0.15, 0.2) is 18.2 Å². The summed E-state index contributed by atoms with van der Waals surface area (Å²) in [7, 11) is 0. The molecule has 0 fully saturated rings. The van der Waals surface area contributed by atoms with Crippen molar-refractivity contribution in [1.29, 1.82) is 0 Å². The van der Waals surface area contributed by atoms with Gasteiger partial charge in [-0.05, 0) is 54.3 Å². The van der Waals surface area contributed by atoms with Crippen LogP contribution in [0, 0.1) is 23.3 Å². The lowest BCUT2D eigenvalue weighted by atomic mass is 10.0. The molecular weight excluding hydrogens is 395 g/mol. The van der Waals surface area contributed by atoms with Gasteiger partial charge in [-0.3, -0.25) is 0 Å². The zero-order valence-corrected chi connectivity index (χ0v) is 15.8. The van der Waals surface area contributed by atoms with Crippen molar-refractivity contribution in [3.8, 4) is 0 Å². The van der Waals surface area contributed by atoms with Gasteiger partial charge in [-0.15, -0.1) is 0 Å². The summed E-state index contributed by atoms with van der Waals surface area (Å²) in [6.07, 6.45) is 1.66. The lowest BCUT2D eigenvalue weighted by Gasteiger charge is -2.11. The summed E-state index contributed by atoms with van der Waals surface area (Å²) >= 11 is 8.51. The van der Waals surface area contributed by atoms with E-state index in [2.05, 4.69) is 73.5 Å². The van der Waals surface area contributed by atoms with Crippen molar-refractivity contribution in [1.82, 2.24) is 9.97 Å². The van der Waals surface area contributed by atoms with E-state index in [1.165, 1.54) is 16.7 Å². The van der Waals surface area contributed by atoms with Crippen molar-refractivity contribution >= 4 is 34.2 Å². The molecule has 1 aromatic carbocycles. The number of hydrogen-bond donors (Lipinski definition) is 0. The van der Waals surface area contributed by atoms with Crippen LogP contribution in [0.1, 0.15) is 42.1 Å². The number of aryl methyl sites for hydroxylation is 2. The highest BCUT2D eigenvalue weighted by Crippen LogP contribution is 2.22. The summed E-state index contributed by atoms with van der Waals surface area (Å²) in [5, 5.41) is 0.570. The Labute approximate surface area is 145 Å². The first-order chi connectivity index (χ1) is 9.85. The van der Waals surface area contributed by atoms with E-state index in [4.69, 9.17) is 16.6 Å². The molecule has 0 saturated heterocycles. The van der Waals surface area contributed by atoms with Gasteiger partial charge in [-0.1, -0.05) is 54.8 Å². The SMILES string of the molecule is Cc1cc(C)cc(Cc2nc(Cl)c(I)c(CC(C)C)n2)c1. The fourth-order valence-electron chi connectivity index (χ4n) is 2.47. The zero-order valence-electron chi connectivity index (χ0n) is 12.9. The summed E-state index contributed by atoms with van der Waals surface area (Å²) in [5.74, 6) is 1.36. The van der Waals surface area contributed by atoms with Crippen LogP contribution >= 0.6 is 34.2 Å². The highest BCUT2D eigenvalue weighted by Gasteiger charge is 2.12. The molecule has 0 bridgehead atoms. The molecule has 0 radical (unpaired) electrons. The predicted molar refractivity (Wildman–Crippen MR) is 97.0 cm³/mol. The van der Waals surface area contributed by atoms with Crippen LogP contribution in [0.2, 0.25) is 5.15 Å². The van der Waals surface area contributed by atoms with Gasteiger partial charge >= 0.3 is 0 Å². The Hall–Kier alpha value is -0.680. The van der Waals surface area contributed by atoms with Gasteiger partial charge in [0.1, 0.15) is 11.0 Å². The molecular formula is C17H20ClIN2. The van der Waals surface area contributed by atoms with E-state index in [0.29, 0.717) is 11.1 Å². The van der Waals surface area contributed by atoms with Crippen LogP contribution in [0.3, 0.4) is 0 Å². The number of halogens is 2. The van der Waals surface area contributed by atoms with Crippen LogP contribution in [0.4, 0.5) is 0 Å². The van der Waals surface area contributed by atoms with Crippen molar-refractivity contribution in [2.24, 2.45) is 5.92 Å². The first kappa shape index (κ1) is 16.7. The van der Waals surface area contributed by atoms with E-state index < -0.39 is 0 Å². The molecule has 0 aliphatic rings. The van der Waals surface area contributed by atoms with Gasteiger partial charge in [0.05, 0.1) is 9.26 Å². The van der Waals surface area contributed by atoms with Crippen LogP contribution in [-0.2, 0) is 12.8 Å². The quantitative estimate of drug-likeness (QED) is 0.511. The van der Waals surface area contributed by atoms with Crippen LogP contribution in [0.25, 0.3) is 0 Å². The van der Waals surface area contributed by atoms with Crippen LogP contribution in [-0.4, -0.2) is 9.97 Å². The molecule has 1 aromatic heterocycles. The van der Waals surface area contributed by atoms with E-state index >= 15 is 0 Å². The first-order valence-corrected chi connectivity index (χ1v) is 8.58. The van der Waals surface area contributed by atoms with Gasteiger partial charge in [0.15, 0.2) is 0 Å². The Kier molecular flexibility index (Phi) is 5.60. The number of rotatable bonds is 4. The number of nitrogens with zero attached hydrogens (tertiary/aromatic N) is 2. The third-order valence-electron chi connectivity index (χ3n) is 3.17. The standard InChI is InChI=1S/C17H20ClIN2/c1-10(2)5-14-16(19)17(18)21-15(20-14)9-13-7-11(3)6-12(4)8-13/h6-8,10H,5,9H2,1-4H3. The van der Waals surface area contributed by atoms with Crippen LogP contribution in [0.5, 0.6) is 0 Å². The minimum absolute atomic E-state index is 0.554. The summed E-state index contributed by atoms with van der Waals surface area (Å²) in [6.45, 7) is 8.61. The van der Waals surface area contributed by atoms with Gasteiger partial charge in [0, 0.05) is 6.42 Å². The van der Waals surface area contributed by atoms with Gasteiger partial charge in [0.25, 0.3) is 0 Å². The molecule has 21 heavy (non-hydrogen) atoms. The normalized spacial score (nSPS) is 11.2. The van der Waals surface area contributed by atoms with Crippen molar-refractivity contribution in [3.63, 3.8) is 0 Å². The summed E-state index contributed by atoms with van der Waals surface area (Å²) in [5.41, 5.74) is 4.83. The first-order valence-electron chi connectivity index (χ1n) is 7.13. The minimum Gasteiger partial charge on any atom is -0.236 e. The summed E-state index contributed by atoms with van der Waals surface area (Å²) in [4.78, 5) is 9.17. The molecule has 1 heterocycles. The second kappa shape index (κ2) is 7.05. The Morgan fingerprint density at radius 2 is 1.71 bits per heavy atom. The Bertz CT molecular complexity index is 633. The molecule has 0 aliphatic heterocycles. The maximum absolute atomic E-state index is 6.27. The molecule has 2 rings (SSSR count). The summed E-state index contributed by atoms with van der Waals surface area (Å²) < 4.78 is 0.979. The molecule has 0 atom stereocenters. The Morgan fingerprint density at radius 1 is 1.10 bits per heavy atom. The number of benzene rings is 1. The molecule has 0 unspecified atom stereocenters. The number of aromatic nitrogens is 2. The van der Waals surface area contributed by atoms with E-state index in [-0.39, 0.29) is 0 Å². The van der Waals surface area contributed by atoms with Crippen molar-refractivity contribution < 1.29 is 0 Å². The van der Waals surface area contributed by atoms with E-state index in [1.54, 1.807) is 0 Å². The molecule has 0 amide bonds. The average molecular weight is 415 g/mol. The van der Waals surface area contributed by atoms with Crippen LogP contribution < -0.4 is 0 Å². The van der Waals surface area contributed by atoms with Crippen molar-refractivity contribution in [2.45, 2.75) is 40.5 Å². The topological polar surface area (TPSA) is 25.8 Å². The highest BCUT2D eigenvalue weighted by atomic mass is 127. The average Bonchev–Trinajstić information content (AvgIpc) is 2.33. The molecule has 4 heteroatoms. The molecule has 0 N–H and O–H groups in total. The largest absolute Gasteiger partial charge is 0.236 e. The van der Waals surface area contributed by atoms with Crippen molar-refractivity contribution in [2.75, 3.05) is 0 Å². The number of hydrogen-bond acceptors (Lipinski definition) is 2. The second-order valence-corrected chi connectivity index (χ2v) is 7.40. The van der Waals surface area contributed by atoms with E-state index in [0.717, 1.165) is 27.9 Å².